The normalized spacial score (nSPS) is 11.3. The van der Waals surface area contributed by atoms with Crippen molar-refractivity contribution in [3.05, 3.63) is 71.8 Å². The molecule has 24 heavy (non-hydrogen) atoms. The van der Waals surface area contributed by atoms with E-state index in [1.54, 1.807) is 0 Å². The number of fused-ring (bicyclic) bond motifs is 2. The van der Waals surface area contributed by atoms with Gasteiger partial charge in [-0.2, -0.15) is 0 Å². The first-order chi connectivity index (χ1) is 11.6. The molecule has 0 bridgehead atoms. The predicted octanol–water partition coefficient (Wildman–Crippen LogP) is 6.85. The van der Waals surface area contributed by atoms with E-state index < -0.39 is 0 Å². The van der Waals surface area contributed by atoms with Gasteiger partial charge in [-0.3, -0.25) is 0 Å². The minimum absolute atomic E-state index is 1.03. The molecule has 0 amide bonds. The minimum Gasteiger partial charge on any atom is -0.142 e. The second-order valence-corrected chi connectivity index (χ2v) is 7.17. The molecule has 0 aliphatic carbocycles. The van der Waals surface area contributed by atoms with Gasteiger partial charge in [0.25, 0.3) is 0 Å². The first kappa shape index (κ1) is 15.6. The predicted molar refractivity (Wildman–Crippen MR) is 111 cm³/mol. The van der Waals surface area contributed by atoms with Crippen molar-refractivity contribution in [1.29, 1.82) is 0 Å². The van der Waals surface area contributed by atoms with Gasteiger partial charge >= 0.3 is 0 Å². The Morgan fingerprint density at radius 1 is 0.583 bits per heavy atom. The topological polar surface area (TPSA) is 0 Å². The van der Waals surface area contributed by atoms with Crippen molar-refractivity contribution in [1.82, 2.24) is 0 Å². The molecule has 0 radical (unpaired) electrons. The summed E-state index contributed by atoms with van der Waals surface area (Å²) in [7, 11) is 0. The lowest BCUT2D eigenvalue weighted by Crippen LogP contribution is -1.93. The van der Waals surface area contributed by atoms with E-state index in [-0.39, 0.29) is 0 Å². The maximum Gasteiger partial charge on any atom is 0.0155 e. The van der Waals surface area contributed by atoms with Gasteiger partial charge < -0.3 is 0 Å². The molecule has 0 saturated carbocycles. The number of hydrogen-bond donors (Lipinski definition) is 2. The number of rotatable bonds is 1. The Balaban J connectivity index is 2.26. The van der Waals surface area contributed by atoms with Gasteiger partial charge in [0.15, 0.2) is 0 Å². The molecular weight excluding hydrogens is 328 g/mol. The average Bonchev–Trinajstić information content (AvgIpc) is 2.58. The summed E-state index contributed by atoms with van der Waals surface area (Å²) >= 11 is 9.74. The van der Waals surface area contributed by atoms with Gasteiger partial charge in [-0.1, -0.05) is 60.7 Å². The van der Waals surface area contributed by atoms with Crippen LogP contribution in [0.5, 0.6) is 0 Å². The largest absolute Gasteiger partial charge is 0.142 e. The molecule has 0 fully saturated rings. The Hall–Kier alpha value is -1.90. The van der Waals surface area contributed by atoms with E-state index >= 15 is 0 Å². The molecule has 0 heterocycles. The molecule has 4 rings (SSSR count). The SMILES string of the molecule is Cc1cc2ccccc2c(-c2c(S)c(C)cc3ccccc23)c1S. The van der Waals surface area contributed by atoms with E-state index in [0.29, 0.717) is 0 Å². The van der Waals surface area contributed by atoms with Crippen molar-refractivity contribution in [3.8, 4) is 11.1 Å². The van der Waals surface area contributed by atoms with Crippen LogP contribution in [0.3, 0.4) is 0 Å². The van der Waals surface area contributed by atoms with Crippen molar-refractivity contribution < 1.29 is 0 Å². The molecule has 4 aromatic rings. The third-order valence-corrected chi connectivity index (χ3v) is 5.83. The molecule has 4 aromatic carbocycles. The summed E-state index contributed by atoms with van der Waals surface area (Å²) in [4.78, 5) is 2.06. The second kappa shape index (κ2) is 5.87. The van der Waals surface area contributed by atoms with Crippen LogP contribution < -0.4 is 0 Å². The highest BCUT2D eigenvalue weighted by Gasteiger charge is 2.17. The van der Waals surface area contributed by atoms with E-state index in [1.807, 2.05) is 0 Å². The van der Waals surface area contributed by atoms with E-state index in [0.717, 1.165) is 9.79 Å². The smallest absolute Gasteiger partial charge is 0.0155 e. The molecule has 2 heteroatoms. The second-order valence-electron chi connectivity index (χ2n) is 6.28. The maximum absolute atomic E-state index is 4.87. The van der Waals surface area contributed by atoms with E-state index in [1.165, 1.54) is 43.8 Å². The summed E-state index contributed by atoms with van der Waals surface area (Å²) < 4.78 is 0. The van der Waals surface area contributed by atoms with Gasteiger partial charge in [0.05, 0.1) is 0 Å². The Morgan fingerprint density at radius 3 is 1.38 bits per heavy atom. The van der Waals surface area contributed by atoms with E-state index in [9.17, 15) is 0 Å². The molecule has 0 spiro atoms. The summed E-state index contributed by atoms with van der Waals surface area (Å²) in [6.45, 7) is 4.24. The van der Waals surface area contributed by atoms with Crippen LogP contribution in [0.1, 0.15) is 11.1 Å². The van der Waals surface area contributed by atoms with Crippen LogP contribution in [0.15, 0.2) is 70.5 Å². The minimum atomic E-state index is 1.03. The van der Waals surface area contributed by atoms with Crippen LogP contribution in [0.2, 0.25) is 0 Å². The highest BCUT2D eigenvalue weighted by atomic mass is 32.1. The number of thiol groups is 2. The van der Waals surface area contributed by atoms with E-state index in [2.05, 4.69) is 74.5 Å². The quantitative estimate of drug-likeness (QED) is 0.346. The van der Waals surface area contributed by atoms with Crippen molar-refractivity contribution in [2.75, 3.05) is 0 Å². The van der Waals surface area contributed by atoms with Crippen LogP contribution in [0.25, 0.3) is 32.7 Å². The molecular formula is C22H18S2. The fraction of sp³-hybridized carbons (Fsp3) is 0.0909. The highest BCUT2D eigenvalue weighted by molar-refractivity contribution is 7.81. The molecule has 0 atom stereocenters. The van der Waals surface area contributed by atoms with Gasteiger partial charge in [0.2, 0.25) is 0 Å². The lowest BCUT2D eigenvalue weighted by Gasteiger charge is -2.18. The fourth-order valence-corrected chi connectivity index (χ4v) is 4.05. The van der Waals surface area contributed by atoms with E-state index in [4.69, 9.17) is 25.3 Å². The van der Waals surface area contributed by atoms with Crippen LogP contribution in [0.4, 0.5) is 0 Å². The summed E-state index contributed by atoms with van der Waals surface area (Å²) in [5.74, 6) is 0. The highest BCUT2D eigenvalue weighted by Crippen LogP contribution is 2.43. The Labute approximate surface area is 153 Å². The van der Waals surface area contributed by atoms with Crippen LogP contribution >= 0.6 is 25.3 Å². The zero-order valence-electron chi connectivity index (χ0n) is 13.7. The number of hydrogen-bond acceptors (Lipinski definition) is 2. The molecule has 118 valence electrons. The van der Waals surface area contributed by atoms with Crippen molar-refractivity contribution >= 4 is 46.8 Å². The third-order valence-electron chi connectivity index (χ3n) is 4.67. The number of benzene rings is 4. The number of aryl methyl sites for hydroxylation is 2. The summed E-state index contributed by atoms with van der Waals surface area (Å²) in [6.07, 6.45) is 0. The van der Waals surface area contributed by atoms with Crippen LogP contribution in [0, 0.1) is 13.8 Å². The molecule has 0 unspecified atom stereocenters. The first-order valence-corrected chi connectivity index (χ1v) is 8.90. The first-order valence-electron chi connectivity index (χ1n) is 8.01. The van der Waals surface area contributed by atoms with Gasteiger partial charge in [0.1, 0.15) is 0 Å². The van der Waals surface area contributed by atoms with Crippen molar-refractivity contribution in [2.24, 2.45) is 0 Å². The fourth-order valence-electron chi connectivity index (χ4n) is 3.46. The molecule has 0 nitrogen and oxygen atoms in total. The standard InChI is InChI=1S/C22H18S2/c1-13-11-15-7-3-5-9-17(15)19(21(13)23)20-18-10-6-4-8-16(18)12-14(2)22(20)24/h3-12,23-24H,1-2H3. The van der Waals surface area contributed by atoms with Crippen molar-refractivity contribution in [3.63, 3.8) is 0 Å². The lowest BCUT2D eigenvalue weighted by atomic mass is 9.91. The van der Waals surface area contributed by atoms with Gasteiger partial charge in [0, 0.05) is 20.9 Å². The average molecular weight is 347 g/mol. The summed E-state index contributed by atoms with van der Waals surface area (Å²) in [5, 5.41) is 4.92. The molecule has 0 aliphatic heterocycles. The molecule has 0 aromatic heterocycles. The molecule has 0 aliphatic rings. The zero-order valence-corrected chi connectivity index (χ0v) is 15.5. The Morgan fingerprint density at radius 2 is 0.958 bits per heavy atom. The monoisotopic (exact) mass is 346 g/mol. The van der Waals surface area contributed by atoms with Crippen LogP contribution in [-0.2, 0) is 0 Å². The zero-order chi connectivity index (χ0) is 16.8. The van der Waals surface area contributed by atoms with Crippen molar-refractivity contribution in [2.45, 2.75) is 23.6 Å². The Kier molecular flexibility index (Phi) is 3.82. The third kappa shape index (κ3) is 2.33. The maximum atomic E-state index is 4.87. The summed E-state index contributed by atoms with van der Waals surface area (Å²) in [6, 6.07) is 21.4. The summed E-state index contributed by atoms with van der Waals surface area (Å²) in [5.41, 5.74) is 4.73. The lowest BCUT2D eigenvalue weighted by molar-refractivity contribution is 1.29. The molecule has 0 saturated heterocycles. The van der Waals surface area contributed by atoms with Gasteiger partial charge in [-0.15, -0.1) is 25.3 Å². The van der Waals surface area contributed by atoms with Gasteiger partial charge in [-0.05, 0) is 46.5 Å². The molecule has 0 N–H and O–H groups in total. The van der Waals surface area contributed by atoms with Crippen LogP contribution in [-0.4, -0.2) is 0 Å². The Bertz CT molecular complexity index is 1000. The van der Waals surface area contributed by atoms with Gasteiger partial charge in [-0.25, -0.2) is 0 Å².